The average molecular weight is 493 g/mol. The van der Waals surface area contributed by atoms with Crippen LogP contribution in [0.4, 0.5) is 0 Å². The molecule has 1 saturated carbocycles. The molecule has 7 heteroatoms. The molecule has 0 spiro atoms. The molecule has 1 amide bonds. The van der Waals surface area contributed by atoms with Gasteiger partial charge in [-0.05, 0) is 47.0 Å². The Kier molecular flexibility index (Phi) is 11.0. The molecule has 1 aliphatic heterocycles. The number of carbonyl (C=O) groups is 1. The zero-order valence-corrected chi connectivity index (χ0v) is 20.0. The van der Waals surface area contributed by atoms with Crippen molar-refractivity contribution in [1.82, 2.24) is 20.9 Å². The second-order valence-corrected chi connectivity index (χ2v) is 8.69. The molecule has 2 fully saturated rings. The van der Waals surface area contributed by atoms with E-state index in [1.165, 1.54) is 19.3 Å². The molecule has 6 nitrogen and oxygen atoms in total. The lowest BCUT2D eigenvalue weighted by atomic mass is 9.88. The van der Waals surface area contributed by atoms with Crippen LogP contribution < -0.4 is 16.0 Å². The van der Waals surface area contributed by atoms with Gasteiger partial charge in [0.25, 0.3) is 0 Å². The number of rotatable bonds is 6. The molecule has 158 valence electrons. The van der Waals surface area contributed by atoms with E-state index in [1.807, 2.05) is 0 Å². The smallest absolute Gasteiger partial charge is 0.225 e. The predicted octanol–water partition coefficient (Wildman–Crippen LogP) is 2.73. The van der Waals surface area contributed by atoms with Crippen molar-refractivity contribution in [3.8, 4) is 0 Å². The van der Waals surface area contributed by atoms with Crippen LogP contribution in [0.3, 0.4) is 0 Å². The molecule has 3 N–H and O–H groups in total. The molecule has 1 atom stereocenters. The number of amides is 1. The Morgan fingerprint density at radius 2 is 1.85 bits per heavy atom. The van der Waals surface area contributed by atoms with Crippen LogP contribution in [0.25, 0.3) is 0 Å². The van der Waals surface area contributed by atoms with E-state index in [0.29, 0.717) is 11.9 Å². The first-order valence-corrected chi connectivity index (χ1v) is 10.5. The van der Waals surface area contributed by atoms with Crippen LogP contribution in [0.5, 0.6) is 0 Å². The number of guanidine groups is 1. The molecule has 1 aliphatic carbocycles. The molecule has 0 radical (unpaired) electrons. The summed E-state index contributed by atoms with van der Waals surface area (Å²) < 4.78 is 0. The summed E-state index contributed by atoms with van der Waals surface area (Å²) in [6.45, 7) is 12.7. The van der Waals surface area contributed by atoms with Gasteiger partial charge in [0.05, 0.1) is 6.54 Å². The summed E-state index contributed by atoms with van der Waals surface area (Å²) in [5, 5.41) is 10.3. The second-order valence-electron chi connectivity index (χ2n) is 8.69. The molecule has 0 aromatic rings. The maximum Gasteiger partial charge on any atom is 0.225 e. The van der Waals surface area contributed by atoms with E-state index in [1.54, 1.807) is 0 Å². The van der Waals surface area contributed by atoms with Gasteiger partial charge in [0.15, 0.2) is 5.96 Å². The fourth-order valence-corrected chi connectivity index (χ4v) is 3.80. The average Bonchev–Trinajstić information content (AvgIpc) is 3.06. The molecule has 2 aliphatic rings. The number of halogens is 1. The normalized spacial score (nSPS) is 21.7. The highest BCUT2D eigenvalue weighted by molar-refractivity contribution is 14.0. The van der Waals surface area contributed by atoms with Crippen molar-refractivity contribution >= 4 is 35.8 Å². The van der Waals surface area contributed by atoms with E-state index in [-0.39, 0.29) is 35.4 Å². The zero-order chi connectivity index (χ0) is 19.0. The molecule has 1 heterocycles. The summed E-state index contributed by atoms with van der Waals surface area (Å²) >= 11 is 0. The van der Waals surface area contributed by atoms with Gasteiger partial charge in [-0.2, -0.15) is 0 Å². The largest absolute Gasteiger partial charge is 0.357 e. The van der Waals surface area contributed by atoms with E-state index in [9.17, 15) is 4.79 Å². The SMILES string of the molecule is CCNC(=NCCNC(C)(C)C)NC1CCN(C(=O)C2CCCCC2)C1.I. The van der Waals surface area contributed by atoms with Crippen LogP contribution in [-0.2, 0) is 4.79 Å². The number of nitrogens with one attached hydrogen (secondary N) is 3. The fraction of sp³-hybridized carbons (Fsp3) is 0.900. The van der Waals surface area contributed by atoms with E-state index < -0.39 is 0 Å². The number of likely N-dealkylation sites (tertiary alicyclic amines) is 1. The first-order chi connectivity index (χ1) is 12.4. The Balaban J connectivity index is 0.00000364. The highest BCUT2D eigenvalue weighted by Crippen LogP contribution is 2.26. The van der Waals surface area contributed by atoms with Gasteiger partial charge in [-0.1, -0.05) is 19.3 Å². The van der Waals surface area contributed by atoms with Crippen molar-refractivity contribution in [1.29, 1.82) is 0 Å². The molecular weight excluding hydrogens is 453 g/mol. The maximum atomic E-state index is 12.7. The lowest BCUT2D eigenvalue weighted by molar-refractivity contribution is -0.135. The lowest BCUT2D eigenvalue weighted by Gasteiger charge is -2.26. The molecule has 0 aromatic heterocycles. The Bertz CT molecular complexity index is 471. The number of carbonyl (C=O) groups excluding carboxylic acids is 1. The second kappa shape index (κ2) is 12.1. The molecule has 0 aromatic carbocycles. The van der Waals surface area contributed by atoms with Crippen LogP contribution in [-0.4, -0.2) is 61.1 Å². The molecule has 2 rings (SSSR count). The van der Waals surface area contributed by atoms with Gasteiger partial charge in [-0.15, -0.1) is 24.0 Å². The van der Waals surface area contributed by atoms with Crippen molar-refractivity contribution < 1.29 is 4.79 Å². The highest BCUT2D eigenvalue weighted by atomic mass is 127. The molecule has 1 unspecified atom stereocenters. The topological polar surface area (TPSA) is 68.8 Å². The third kappa shape index (κ3) is 8.98. The van der Waals surface area contributed by atoms with Crippen molar-refractivity contribution in [3.05, 3.63) is 0 Å². The van der Waals surface area contributed by atoms with Gasteiger partial charge in [-0.25, -0.2) is 0 Å². The van der Waals surface area contributed by atoms with Crippen molar-refractivity contribution in [2.24, 2.45) is 10.9 Å². The number of hydrogen-bond donors (Lipinski definition) is 3. The van der Waals surface area contributed by atoms with Gasteiger partial charge in [0.1, 0.15) is 0 Å². The molecular formula is C20H40IN5O. The summed E-state index contributed by atoms with van der Waals surface area (Å²) in [5.74, 6) is 1.51. The van der Waals surface area contributed by atoms with E-state index in [2.05, 4.69) is 53.5 Å². The summed E-state index contributed by atoms with van der Waals surface area (Å²) in [4.78, 5) is 19.4. The number of nitrogens with zero attached hydrogens (tertiary/aromatic N) is 2. The summed E-state index contributed by atoms with van der Waals surface area (Å²) in [7, 11) is 0. The molecule has 1 saturated heterocycles. The van der Waals surface area contributed by atoms with Crippen LogP contribution in [0.15, 0.2) is 4.99 Å². The van der Waals surface area contributed by atoms with Gasteiger partial charge >= 0.3 is 0 Å². The van der Waals surface area contributed by atoms with Gasteiger partial charge in [-0.3, -0.25) is 9.79 Å². The van der Waals surface area contributed by atoms with Crippen LogP contribution >= 0.6 is 24.0 Å². The third-order valence-electron chi connectivity index (χ3n) is 5.18. The Labute approximate surface area is 182 Å². The van der Waals surface area contributed by atoms with Crippen molar-refractivity contribution in [2.45, 2.75) is 77.8 Å². The summed E-state index contributed by atoms with van der Waals surface area (Å²) in [5.41, 5.74) is 0.118. The Morgan fingerprint density at radius 3 is 2.48 bits per heavy atom. The van der Waals surface area contributed by atoms with Crippen molar-refractivity contribution in [2.75, 3.05) is 32.7 Å². The van der Waals surface area contributed by atoms with E-state index in [4.69, 9.17) is 0 Å². The quantitative estimate of drug-likeness (QED) is 0.231. The van der Waals surface area contributed by atoms with Gasteiger partial charge in [0, 0.05) is 43.7 Å². The highest BCUT2D eigenvalue weighted by Gasteiger charge is 2.31. The first-order valence-electron chi connectivity index (χ1n) is 10.5. The molecule has 0 bridgehead atoms. The van der Waals surface area contributed by atoms with Crippen LogP contribution in [0.2, 0.25) is 0 Å². The van der Waals surface area contributed by atoms with Crippen molar-refractivity contribution in [3.63, 3.8) is 0 Å². The predicted molar refractivity (Wildman–Crippen MR) is 124 cm³/mol. The van der Waals surface area contributed by atoms with E-state index >= 15 is 0 Å². The molecule has 27 heavy (non-hydrogen) atoms. The monoisotopic (exact) mass is 493 g/mol. The minimum Gasteiger partial charge on any atom is -0.357 e. The fourth-order valence-electron chi connectivity index (χ4n) is 3.80. The minimum absolute atomic E-state index is 0. The summed E-state index contributed by atoms with van der Waals surface area (Å²) in [6, 6.07) is 0.302. The maximum absolute atomic E-state index is 12.7. The van der Waals surface area contributed by atoms with E-state index in [0.717, 1.165) is 57.9 Å². The first kappa shape index (κ1) is 24.5. The minimum atomic E-state index is 0. The Morgan fingerprint density at radius 1 is 1.15 bits per heavy atom. The number of aliphatic imine (C=N–C) groups is 1. The van der Waals surface area contributed by atoms with Gasteiger partial charge < -0.3 is 20.9 Å². The zero-order valence-electron chi connectivity index (χ0n) is 17.6. The van der Waals surface area contributed by atoms with Crippen LogP contribution in [0, 0.1) is 5.92 Å². The Hall–Kier alpha value is -0.570. The third-order valence-corrected chi connectivity index (χ3v) is 5.18. The van der Waals surface area contributed by atoms with Gasteiger partial charge in [0.2, 0.25) is 5.91 Å². The lowest BCUT2D eigenvalue weighted by Crippen LogP contribution is -2.46. The summed E-state index contributed by atoms with van der Waals surface area (Å²) in [6.07, 6.45) is 6.89. The number of hydrogen-bond acceptors (Lipinski definition) is 3. The van der Waals surface area contributed by atoms with Crippen LogP contribution in [0.1, 0.15) is 66.2 Å². The standard InChI is InChI=1S/C20H39N5O.HI/c1-5-21-19(22-12-13-23-20(2,3)4)24-17-11-14-25(15-17)18(26)16-9-7-6-8-10-16;/h16-17,23H,5-15H2,1-4H3,(H2,21,22,24);1H.